The van der Waals surface area contributed by atoms with E-state index in [1.54, 1.807) is 67.3 Å². The summed E-state index contributed by atoms with van der Waals surface area (Å²) >= 11 is 12.1. The van der Waals surface area contributed by atoms with E-state index < -0.39 is 17.7 Å². The van der Waals surface area contributed by atoms with Crippen LogP contribution < -0.4 is 10.2 Å². The molecule has 1 fully saturated rings. The number of likely N-dealkylation sites (N-methyl/N-ethyl adjacent to an activating group) is 1. The van der Waals surface area contributed by atoms with E-state index in [1.165, 1.54) is 4.90 Å². The minimum atomic E-state index is -0.993. The Morgan fingerprint density at radius 2 is 1.79 bits per heavy atom. The largest absolute Gasteiger partial charge is 0.347 e. The van der Waals surface area contributed by atoms with Gasteiger partial charge in [-0.3, -0.25) is 10.1 Å². The second kappa shape index (κ2) is 8.10. The fourth-order valence-corrected chi connectivity index (χ4v) is 4.00. The molecule has 0 unspecified atom stereocenters. The van der Waals surface area contributed by atoms with Crippen molar-refractivity contribution in [3.8, 4) is 0 Å². The molecule has 29 heavy (non-hydrogen) atoms. The standard InChI is InChI=1S/C20H22Cl2N4O3/c1-4-24-19(28)25(16-10-6-8-14(22)12-16)17(20(24,2)3)26(29)18(27)23-15-9-5-7-13(21)11-15/h5-12,17,29H,4H2,1-3H3,(H,23,27)/t17-/m1/s1. The molecule has 0 aliphatic carbocycles. The van der Waals surface area contributed by atoms with Gasteiger partial charge < -0.3 is 10.2 Å². The summed E-state index contributed by atoms with van der Waals surface area (Å²) < 4.78 is 0. The summed E-state index contributed by atoms with van der Waals surface area (Å²) in [4.78, 5) is 28.9. The van der Waals surface area contributed by atoms with Gasteiger partial charge in [-0.2, -0.15) is 5.06 Å². The minimum Gasteiger partial charge on any atom is -0.315 e. The number of hydrogen-bond donors (Lipinski definition) is 2. The predicted octanol–water partition coefficient (Wildman–Crippen LogP) is 5.28. The molecule has 3 rings (SSSR count). The topological polar surface area (TPSA) is 76.1 Å². The number of anilines is 2. The van der Waals surface area contributed by atoms with Crippen LogP contribution >= 0.6 is 23.2 Å². The molecule has 0 bridgehead atoms. The third-order valence-electron chi connectivity index (χ3n) is 4.93. The van der Waals surface area contributed by atoms with Gasteiger partial charge >= 0.3 is 12.1 Å². The van der Waals surface area contributed by atoms with E-state index in [9.17, 15) is 14.8 Å². The molecule has 1 saturated heterocycles. The van der Waals surface area contributed by atoms with Crippen LogP contribution in [0.5, 0.6) is 0 Å². The monoisotopic (exact) mass is 436 g/mol. The average molecular weight is 437 g/mol. The molecule has 9 heteroatoms. The third-order valence-corrected chi connectivity index (χ3v) is 5.40. The van der Waals surface area contributed by atoms with Crippen LogP contribution in [0.1, 0.15) is 20.8 Å². The van der Waals surface area contributed by atoms with Gasteiger partial charge in [-0.25, -0.2) is 9.59 Å². The van der Waals surface area contributed by atoms with E-state index in [-0.39, 0.29) is 6.03 Å². The smallest absolute Gasteiger partial charge is 0.315 e. The van der Waals surface area contributed by atoms with Crippen molar-refractivity contribution in [2.24, 2.45) is 0 Å². The van der Waals surface area contributed by atoms with E-state index in [1.807, 2.05) is 6.92 Å². The number of nitrogens with one attached hydrogen (secondary N) is 1. The van der Waals surface area contributed by atoms with Gasteiger partial charge in [0.1, 0.15) is 0 Å². The summed E-state index contributed by atoms with van der Waals surface area (Å²) in [6.07, 6.45) is -0.993. The zero-order valence-corrected chi connectivity index (χ0v) is 17.8. The number of benzene rings is 2. The quantitative estimate of drug-likeness (QED) is 0.505. The van der Waals surface area contributed by atoms with Gasteiger partial charge in [0.2, 0.25) is 0 Å². The maximum absolute atomic E-state index is 13.1. The van der Waals surface area contributed by atoms with Crippen LogP contribution in [0.4, 0.5) is 21.0 Å². The van der Waals surface area contributed by atoms with Crippen LogP contribution in [0.15, 0.2) is 48.5 Å². The SMILES string of the molecule is CCN1C(=O)N(c2cccc(Cl)c2)[C@H](N(O)C(=O)Nc2cccc(Cl)c2)C1(C)C. The highest BCUT2D eigenvalue weighted by Gasteiger charge is 2.55. The molecule has 0 spiro atoms. The molecule has 2 N–H and O–H groups in total. The number of rotatable bonds is 4. The van der Waals surface area contributed by atoms with Gasteiger partial charge in [0.05, 0.1) is 5.54 Å². The van der Waals surface area contributed by atoms with Gasteiger partial charge in [0.25, 0.3) is 0 Å². The average Bonchev–Trinajstić information content (AvgIpc) is 2.85. The molecule has 1 aliphatic heterocycles. The molecule has 1 heterocycles. The normalized spacial score (nSPS) is 18.1. The first-order chi connectivity index (χ1) is 13.7. The van der Waals surface area contributed by atoms with Crippen molar-refractivity contribution in [2.45, 2.75) is 32.5 Å². The Hall–Kier alpha value is -2.48. The summed E-state index contributed by atoms with van der Waals surface area (Å²) in [5, 5.41) is 14.9. The number of urea groups is 2. The Morgan fingerprint density at radius 1 is 1.17 bits per heavy atom. The lowest BCUT2D eigenvalue weighted by atomic mass is 10.00. The molecule has 7 nitrogen and oxygen atoms in total. The number of nitrogens with zero attached hydrogens (tertiary/aromatic N) is 3. The van der Waals surface area contributed by atoms with Crippen molar-refractivity contribution >= 4 is 46.6 Å². The molecule has 0 saturated carbocycles. The van der Waals surface area contributed by atoms with Crippen LogP contribution in [0.2, 0.25) is 10.0 Å². The second-order valence-corrected chi connectivity index (χ2v) is 8.06. The summed E-state index contributed by atoms with van der Waals surface area (Å²) in [5.41, 5.74) is 0.0191. The number of halogens is 2. The Kier molecular flexibility index (Phi) is 5.93. The lowest BCUT2D eigenvalue weighted by Crippen LogP contribution is -2.58. The molecular weight excluding hydrogens is 415 g/mol. The Morgan fingerprint density at radius 3 is 2.38 bits per heavy atom. The number of hydroxylamine groups is 2. The van der Waals surface area contributed by atoms with Crippen molar-refractivity contribution in [1.82, 2.24) is 9.96 Å². The van der Waals surface area contributed by atoms with Crippen molar-refractivity contribution in [3.05, 3.63) is 58.6 Å². The zero-order valence-electron chi connectivity index (χ0n) is 16.3. The maximum Gasteiger partial charge on any atom is 0.347 e. The van der Waals surface area contributed by atoms with Crippen LogP contribution in [0.25, 0.3) is 0 Å². The summed E-state index contributed by atoms with van der Waals surface area (Å²) in [6, 6.07) is 12.2. The minimum absolute atomic E-state index is 0.334. The van der Waals surface area contributed by atoms with E-state index >= 15 is 0 Å². The highest BCUT2D eigenvalue weighted by atomic mass is 35.5. The van der Waals surface area contributed by atoms with E-state index in [2.05, 4.69) is 5.32 Å². The van der Waals surface area contributed by atoms with Gasteiger partial charge in [-0.1, -0.05) is 35.3 Å². The molecule has 4 amide bonds. The predicted molar refractivity (Wildman–Crippen MR) is 114 cm³/mol. The first kappa shape index (κ1) is 21.2. The zero-order chi connectivity index (χ0) is 21.3. The first-order valence-electron chi connectivity index (χ1n) is 9.08. The number of carbonyl (C=O) groups is 2. The molecule has 154 valence electrons. The molecule has 2 aromatic rings. The molecule has 1 atom stereocenters. The lowest BCUT2D eigenvalue weighted by Gasteiger charge is -2.38. The van der Waals surface area contributed by atoms with E-state index in [0.29, 0.717) is 33.0 Å². The van der Waals surface area contributed by atoms with Gasteiger partial charge in [0.15, 0.2) is 6.17 Å². The molecule has 2 aromatic carbocycles. The molecule has 0 aromatic heterocycles. The van der Waals surface area contributed by atoms with E-state index in [0.717, 1.165) is 0 Å². The number of hydrogen-bond acceptors (Lipinski definition) is 3. The Balaban J connectivity index is 1.97. The Bertz CT molecular complexity index is 937. The molecule has 1 aliphatic rings. The van der Waals surface area contributed by atoms with Crippen molar-refractivity contribution < 1.29 is 14.8 Å². The van der Waals surface area contributed by atoms with Crippen molar-refractivity contribution in [1.29, 1.82) is 0 Å². The van der Waals surface area contributed by atoms with Crippen LogP contribution in [0, 0.1) is 0 Å². The molecular formula is C20H22Cl2N4O3. The van der Waals surface area contributed by atoms with Gasteiger partial charge in [0, 0.05) is 28.0 Å². The summed E-state index contributed by atoms with van der Waals surface area (Å²) in [6.45, 7) is 5.83. The lowest BCUT2D eigenvalue weighted by molar-refractivity contribution is -0.0945. The van der Waals surface area contributed by atoms with Crippen LogP contribution in [0.3, 0.4) is 0 Å². The highest BCUT2D eigenvalue weighted by Crippen LogP contribution is 2.38. The Labute approximate surface area is 179 Å². The van der Waals surface area contributed by atoms with E-state index in [4.69, 9.17) is 23.2 Å². The summed E-state index contributed by atoms with van der Waals surface area (Å²) in [5.74, 6) is 0. The fraction of sp³-hybridized carbons (Fsp3) is 0.300. The van der Waals surface area contributed by atoms with Gasteiger partial charge in [-0.15, -0.1) is 0 Å². The second-order valence-electron chi connectivity index (χ2n) is 7.19. The van der Waals surface area contributed by atoms with Crippen LogP contribution in [-0.4, -0.2) is 45.5 Å². The third kappa shape index (κ3) is 3.99. The number of carbonyl (C=O) groups excluding carboxylic acids is 2. The fourth-order valence-electron chi connectivity index (χ4n) is 3.62. The van der Waals surface area contributed by atoms with Crippen molar-refractivity contribution in [3.63, 3.8) is 0 Å². The number of amides is 4. The van der Waals surface area contributed by atoms with Crippen molar-refractivity contribution in [2.75, 3.05) is 16.8 Å². The van der Waals surface area contributed by atoms with Crippen LogP contribution in [-0.2, 0) is 0 Å². The van der Waals surface area contributed by atoms with Gasteiger partial charge in [-0.05, 0) is 57.2 Å². The highest BCUT2D eigenvalue weighted by molar-refractivity contribution is 6.31. The summed E-state index contributed by atoms with van der Waals surface area (Å²) in [7, 11) is 0. The first-order valence-corrected chi connectivity index (χ1v) is 9.83. The maximum atomic E-state index is 13.1. The molecule has 0 radical (unpaired) electrons.